The molecule has 0 amide bonds. The highest BCUT2D eigenvalue weighted by Gasteiger charge is 2.45. The Balaban J connectivity index is 1.97. The summed E-state index contributed by atoms with van der Waals surface area (Å²) in [5.74, 6) is 0.587. The number of carbonyl (C=O) groups is 1. The first kappa shape index (κ1) is 13.2. The lowest BCUT2D eigenvalue weighted by Crippen LogP contribution is -2.42. The zero-order chi connectivity index (χ0) is 14.3. The summed E-state index contributed by atoms with van der Waals surface area (Å²) in [5.41, 5.74) is 0.889. The molecule has 1 fully saturated rings. The zero-order valence-electron chi connectivity index (χ0n) is 11.1. The van der Waals surface area contributed by atoms with Gasteiger partial charge in [-0.1, -0.05) is 12.1 Å². The number of carbonyl (C=O) groups excluding carboxylic acids is 1. The Hall–Kier alpha value is -1.82. The lowest BCUT2D eigenvalue weighted by molar-refractivity contribution is -0.141. The lowest BCUT2D eigenvalue weighted by atomic mass is 10.1. The quantitative estimate of drug-likeness (QED) is 0.777. The van der Waals surface area contributed by atoms with Crippen molar-refractivity contribution in [1.29, 1.82) is 0 Å². The smallest absolute Gasteiger partial charge is 0.350 e. The first-order chi connectivity index (χ1) is 9.61. The Labute approximate surface area is 119 Å². The maximum atomic E-state index is 12.4. The van der Waals surface area contributed by atoms with Gasteiger partial charge < -0.3 is 14.2 Å². The summed E-state index contributed by atoms with van der Waals surface area (Å²) in [5, 5.41) is -0.361. The second-order valence-corrected chi connectivity index (χ2v) is 6.24. The van der Waals surface area contributed by atoms with Crippen LogP contribution < -0.4 is 4.74 Å². The molecule has 0 aliphatic carbocycles. The van der Waals surface area contributed by atoms with Crippen LogP contribution >= 0.6 is 0 Å². The maximum absolute atomic E-state index is 12.4. The second-order valence-electron chi connectivity index (χ2n) is 4.63. The summed E-state index contributed by atoms with van der Waals surface area (Å²) in [7, 11) is 0.213. The second kappa shape index (κ2) is 4.94. The Morgan fingerprint density at radius 1 is 1.30 bits per heavy atom. The largest absolute Gasteiger partial charge is 0.497 e. The van der Waals surface area contributed by atoms with Gasteiger partial charge in [0.25, 0.3) is 0 Å². The minimum Gasteiger partial charge on any atom is -0.497 e. The van der Waals surface area contributed by atoms with E-state index in [4.69, 9.17) is 14.2 Å². The molecule has 20 heavy (non-hydrogen) atoms. The molecule has 1 saturated heterocycles. The molecule has 106 valence electrons. The van der Waals surface area contributed by atoms with Gasteiger partial charge in [0.15, 0.2) is 4.91 Å². The van der Waals surface area contributed by atoms with E-state index in [-0.39, 0.29) is 22.9 Å². The van der Waals surface area contributed by atoms with E-state index in [1.807, 2.05) is 24.3 Å². The number of methoxy groups -OCH3 is 1. The number of hydrogen-bond donors (Lipinski definition) is 0. The summed E-state index contributed by atoms with van der Waals surface area (Å²) < 4.78 is 28.4. The number of benzene rings is 1. The average molecular weight is 294 g/mol. The summed E-state index contributed by atoms with van der Waals surface area (Å²) in [6, 6.07) is 7.39. The number of esters is 1. The van der Waals surface area contributed by atoms with Gasteiger partial charge >= 0.3 is 5.97 Å². The Morgan fingerprint density at radius 3 is 2.65 bits per heavy atom. The fraction of sp³-hybridized carbons (Fsp3) is 0.357. The summed E-state index contributed by atoms with van der Waals surface area (Å²) in [4.78, 5) is 11.7. The predicted octanol–water partition coefficient (Wildman–Crippen LogP) is 1.67. The van der Waals surface area contributed by atoms with Crippen molar-refractivity contribution >= 4 is 16.8 Å². The molecule has 2 heterocycles. The van der Waals surface area contributed by atoms with Gasteiger partial charge in [0.05, 0.1) is 17.9 Å². The van der Waals surface area contributed by atoms with Gasteiger partial charge in [0.1, 0.15) is 29.5 Å². The van der Waals surface area contributed by atoms with E-state index in [1.165, 1.54) is 0 Å². The SMILES string of the molecule is COc1ccc([C@H]2OC(C)=C3C(=O)OC[C@@H]2S3=O)cc1. The van der Waals surface area contributed by atoms with Crippen LogP contribution in [0.5, 0.6) is 5.75 Å². The maximum Gasteiger partial charge on any atom is 0.350 e. The molecule has 0 saturated carbocycles. The fourth-order valence-corrected chi connectivity index (χ4v) is 3.89. The molecule has 1 aromatic carbocycles. The zero-order valence-corrected chi connectivity index (χ0v) is 11.9. The van der Waals surface area contributed by atoms with Crippen LogP contribution in [0.4, 0.5) is 0 Å². The van der Waals surface area contributed by atoms with Crippen LogP contribution in [-0.2, 0) is 25.1 Å². The minimum atomic E-state index is -1.39. The third-order valence-electron chi connectivity index (χ3n) is 3.45. The van der Waals surface area contributed by atoms with Crippen LogP contribution in [0.2, 0.25) is 0 Å². The molecule has 3 atom stereocenters. The van der Waals surface area contributed by atoms with E-state index < -0.39 is 16.8 Å². The molecule has 3 rings (SSSR count). The molecular weight excluding hydrogens is 280 g/mol. The summed E-state index contributed by atoms with van der Waals surface area (Å²) >= 11 is 0. The van der Waals surface area contributed by atoms with Gasteiger partial charge in [-0.3, -0.25) is 4.21 Å². The van der Waals surface area contributed by atoms with Crippen molar-refractivity contribution < 1.29 is 23.2 Å². The van der Waals surface area contributed by atoms with Crippen molar-refractivity contribution in [3.63, 3.8) is 0 Å². The van der Waals surface area contributed by atoms with Gasteiger partial charge in [0, 0.05) is 0 Å². The number of cyclic esters (lactones) is 1. The topological polar surface area (TPSA) is 61.8 Å². The Morgan fingerprint density at radius 2 is 2.00 bits per heavy atom. The van der Waals surface area contributed by atoms with Crippen LogP contribution in [0, 0.1) is 0 Å². The molecule has 2 bridgehead atoms. The van der Waals surface area contributed by atoms with Gasteiger partial charge in [-0.2, -0.15) is 0 Å². The van der Waals surface area contributed by atoms with Crippen molar-refractivity contribution in [2.24, 2.45) is 0 Å². The molecule has 6 heteroatoms. The van der Waals surface area contributed by atoms with Crippen LogP contribution in [0.25, 0.3) is 0 Å². The molecule has 0 spiro atoms. The number of allylic oxidation sites excluding steroid dienone is 1. The van der Waals surface area contributed by atoms with E-state index in [9.17, 15) is 9.00 Å². The number of hydrogen-bond acceptors (Lipinski definition) is 5. The third-order valence-corrected chi connectivity index (χ3v) is 5.24. The van der Waals surface area contributed by atoms with Crippen molar-refractivity contribution in [1.82, 2.24) is 0 Å². The first-order valence-corrected chi connectivity index (χ1v) is 7.42. The van der Waals surface area contributed by atoms with Crippen LogP contribution in [-0.4, -0.2) is 29.1 Å². The van der Waals surface area contributed by atoms with E-state index in [0.717, 1.165) is 11.3 Å². The van der Waals surface area contributed by atoms with E-state index in [1.54, 1.807) is 14.0 Å². The van der Waals surface area contributed by atoms with Crippen LogP contribution in [0.15, 0.2) is 34.9 Å². The van der Waals surface area contributed by atoms with E-state index in [0.29, 0.717) is 5.76 Å². The summed E-state index contributed by atoms with van der Waals surface area (Å²) in [6.07, 6.45) is -0.376. The number of rotatable bonds is 2. The van der Waals surface area contributed by atoms with Crippen LogP contribution in [0.1, 0.15) is 18.6 Å². The lowest BCUT2D eigenvalue weighted by Gasteiger charge is -2.36. The molecule has 0 radical (unpaired) electrons. The van der Waals surface area contributed by atoms with E-state index >= 15 is 0 Å². The standard InChI is InChI=1S/C14H14O5S/c1-8-13-14(15)18-7-11(20(13)16)12(19-8)9-3-5-10(17-2)6-4-9/h3-6,11-12H,7H2,1-2H3/t11-,12+,20?/m0/s1. The van der Waals surface area contributed by atoms with Gasteiger partial charge in [-0.05, 0) is 24.6 Å². The normalized spacial score (nSPS) is 28.7. The molecular formula is C14H14O5S. The highest BCUT2D eigenvalue weighted by atomic mass is 32.2. The molecule has 5 nitrogen and oxygen atoms in total. The molecule has 0 aromatic heterocycles. The molecule has 1 unspecified atom stereocenters. The first-order valence-electron chi connectivity index (χ1n) is 6.21. The minimum absolute atomic E-state index is 0.110. The van der Waals surface area contributed by atoms with Gasteiger partial charge in [-0.25, -0.2) is 4.79 Å². The molecule has 0 N–H and O–H groups in total. The van der Waals surface area contributed by atoms with Crippen molar-refractivity contribution in [2.45, 2.75) is 18.3 Å². The molecule has 1 aromatic rings. The highest BCUT2D eigenvalue weighted by Crippen LogP contribution is 2.39. The van der Waals surface area contributed by atoms with Gasteiger partial charge in [-0.15, -0.1) is 0 Å². The molecule has 2 aliphatic heterocycles. The van der Waals surface area contributed by atoms with E-state index in [2.05, 4.69) is 0 Å². The van der Waals surface area contributed by atoms with Gasteiger partial charge in [0.2, 0.25) is 0 Å². The summed E-state index contributed by atoms with van der Waals surface area (Å²) in [6.45, 7) is 1.76. The highest BCUT2D eigenvalue weighted by molar-refractivity contribution is 7.90. The Kier molecular flexibility index (Phi) is 3.25. The number of ether oxygens (including phenoxy) is 3. The van der Waals surface area contributed by atoms with Crippen LogP contribution in [0.3, 0.4) is 0 Å². The van der Waals surface area contributed by atoms with Crippen molar-refractivity contribution in [3.8, 4) is 5.75 Å². The Bertz CT molecular complexity index is 604. The van der Waals surface area contributed by atoms with Crippen molar-refractivity contribution in [2.75, 3.05) is 13.7 Å². The third kappa shape index (κ3) is 2.00. The number of fused-ring (bicyclic) bond motifs is 2. The van der Waals surface area contributed by atoms with Crippen molar-refractivity contribution in [3.05, 3.63) is 40.5 Å². The average Bonchev–Trinajstić information content (AvgIpc) is 2.45. The fourth-order valence-electron chi connectivity index (χ4n) is 2.40. The molecule has 2 aliphatic rings. The predicted molar refractivity (Wildman–Crippen MR) is 72.4 cm³/mol. The monoisotopic (exact) mass is 294 g/mol.